The number of rotatable bonds is 8. The average molecular weight is 286 g/mol. The summed E-state index contributed by atoms with van der Waals surface area (Å²) >= 11 is 0. The lowest BCUT2D eigenvalue weighted by molar-refractivity contribution is -0.144. The Morgan fingerprint density at radius 2 is 2.05 bits per heavy atom. The number of carbonyl (C=O) groups is 3. The van der Waals surface area contributed by atoms with Crippen molar-refractivity contribution in [3.63, 3.8) is 0 Å². The molecule has 0 aliphatic carbocycles. The van der Waals surface area contributed by atoms with Crippen LogP contribution in [0.15, 0.2) is 0 Å². The maximum Gasteiger partial charge on any atom is 0.306 e. The van der Waals surface area contributed by atoms with Crippen molar-refractivity contribution in [2.75, 3.05) is 47.0 Å². The van der Waals surface area contributed by atoms with E-state index in [2.05, 4.69) is 4.74 Å². The molecule has 0 N–H and O–H groups in total. The van der Waals surface area contributed by atoms with Crippen LogP contribution in [-0.4, -0.2) is 74.6 Å². The third-order valence-corrected chi connectivity index (χ3v) is 3.20. The molecular formula is C13H22N2O5. The Hall–Kier alpha value is -1.47. The predicted octanol–water partition coefficient (Wildman–Crippen LogP) is -0.353. The number of likely N-dealkylation sites (tertiary alicyclic amines) is 1. The molecule has 0 atom stereocenters. The van der Waals surface area contributed by atoms with Crippen LogP contribution in [-0.2, 0) is 23.9 Å². The molecular weight excluding hydrogens is 264 g/mol. The van der Waals surface area contributed by atoms with Crippen LogP contribution in [0.25, 0.3) is 0 Å². The number of nitrogens with zero attached hydrogens (tertiary/aromatic N) is 2. The maximum absolute atomic E-state index is 12.0. The predicted molar refractivity (Wildman–Crippen MR) is 70.9 cm³/mol. The van der Waals surface area contributed by atoms with Gasteiger partial charge in [-0.3, -0.25) is 24.2 Å². The Morgan fingerprint density at radius 1 is 1.30 bits per heavy atom. The summed E-state index contributed by atoms with van der Waals surface area (Å²) in [6.07, 6.45) is 1.37. The lowest BCUT2D eigenvalue weighted by Crippen LogP contribution is -2.42. The number of esters is 1. The van der Waals surface area contributed by atoms with E-state index < -0.39 is 0 Å². The van der Waals surface area contributed by atoms with E-state index in [4.69, 9.17) is 4.74 Å². The first-order valence-corrected chi connectivity index (χ1v) is 6.69. The molecule has 0 aromatic carbocycles. The van der Waals surface area contributed by atoms with Gasteiger partial charge in [0.25, 0.3) is 0 Å². The van der Waals surface area contributed by atoms with Crippen LogP contribution in [0.2, 0.25) is 0 Å². The number of carbonyl (C=O) groups excluding carboxylic acids is 3. The standard InChI is InChI=1S/C13H22N2O5/c1-19-9-8-14(7-5-13(18)20-2)10-12(17)15-6-3-4-11(15)16/h3-10H2,1-2H3. The van der Waals surface area contributed by atoms with Gasteiger partial charge in [0.15, 0.2) is 0 Å². The van der Waals surface area contributed by atoms with Crippen molar-refractivity contribution < 1.29 is 23.9 Å². The number of hydrogen-bond acceptors (Lipinski definition) is 6. The third-order valence-electron chi connectivity index (χ3n) is 3.20. The fourth-order valence-electron chi connectivity index (χ4n) is 2.03. The lowest BCUT2D eigenvalue weighted by Gasteiger charge is -2.23. The number of ether oxygens (including phenoxy) is 2. The number of methoxy groups -OCH3 is 2. The molecule has 0 bridgehead atoms. The minimum atomic E-state index is -0.322. The highest BCUT2D eigenvalue weighted by molar-refractivity contribution is 5.97. The zero-order valence-corrected chi connectivity index (χ0v) is 12.1. The van der Waals surface area contributed by atoms with Gasteiger partial charge in [-0.05, 0) is 6.42 Å². The fraction of sp³-hybridized carbons (Fsp3) is 0.769. The van der Waals surface area contributed by atoms with Gasteiger partial charge in [-0.15, -0.1) is 0 Å². The Bertz CT molecular complexity index is 359. The molecule has 114 valence electrons. The van der Waals surface area contributed by atoms with Crippen LogP contribution in [0.1, 0.15) is 19.3 Å². The molecule has 1 rings (SSSR count). The minimum absolute atomic E-state index is 0.116. The Morgan fingerprint density at radius 3 is 2.60 bits per heavy atom. The van der Waals surface area contributed by atoms with E-state index in [0.29, 0.717) is 32.7 Å². The monoisotopic (exact) mass is 286 g/mol. The molecule has 7 heteroatoms. The molecule has 1 heterocycles. The summed E-state index contributed by atoms with van der Waals surface area (Å²) in [6, 6.07) is 0. The van der Waals surface area contributed by atoms with Gasteiger partial charge in [0, 0.05) is 33.2 Å². The lowest BCUT2D eigenvalue weighted by atomic mass is 10.3. The number of amides is 2. The molecule has 0 spiro atoms. The van der Waals surface area contributed by atoms with Gasteiger partial charge in [-0.25, -0.2) is 0 Å². The van der Waals surface area contributed by atoms with Crippen molar-refractivity contribution in [2.24, 2.45) is 0 Å². The topological polar surface area (TPSA) is 76.2 Å². The summed E-state index contributed by atoms with van der Waals surface area (Å²) in [5.74, 6) is -0.653. The van der Waals surface area contributed by atoms with Crippen LogP contribution in [0, 0.1) is 0 Å². The van der Waals surface area contributed by atoms with Gasteiger partial charge < -0.3 is 9.47 Å². The first kappa shape index (κ1) is 16.6. The van der Waals surface area contributed by atoms with Gasteiger partial charge in [0.1, 0.15) is 0 Å². The minimum Gasteiger partial charge on any atom is -0.469 e. The van der Waals surface area contributed by atoms with E-state index in [0.717, 1.165) is 6.42 Å². The van der Waals surface area contributed by atoms with Crippen LogP contribution in [0.3, 0.4) is 0 Å². The molecule has 1 aliphatic rings. The zero-order chi connectivity index (χ0) is 15.0. The summed E-state index contributed by atoms with van der Waals surface area (Å²) in [4.78, 5) is 37.8. The molecule has 1 saturated heterocycles. The molecule has 20 heavy (non-hydrogen) atoms. The Kier molecular flexibility index (Phi) is 7.17. The van der Waals surface area contributed by atoms with Crippen molar-refractivity contribution in [1.82, 2.24) is 9.80 Å². The largest absolute Gasteiger partial charge is 0.469 e. The second-order valence-electron chi connectivity index (χ2n) is 4.64. The number of hydrogen-bond donors (Lipinski definition) is 0. The highest BCUT2D eigenvalue weighted by atomic mass is 16.5. The molecule has 7 nitrogen and oxygen atoms in total. The first-order chi connectivity index (χ1) is 9.58. The van der Waals surface area contributed by atoms with Crippen molar-refractivity contribution in [3.05, 3.63) is 0 Å². The smallest absolute Gasteiger partial charge is 0.306 e. The molecule has 1 fully saturated rings. The van der Waals surface area contributed by atoms with Crippen molar-refractivity contribution in [3.8, 4) is 0 Å². The highest BCUT2D eigenvalue weighted by Gasteiger charge is 2.27. The first-order valence-electron chi connectivity index (χ1n) is 6.69. The second kappa shape index (κ2) is 8.65. The Labute approximate surface area is 118 Å². The van der Waals surface area contributed by atoms with Gasteiger partial charge in [-0.2, -0.15) is 0 Å². The van der Waals surface area contributed by atoms with E-state index in [1.807, 2.05) is 0 Å². The van der Waals surface area contributed by atoms with E-state index in [-0.39, 0.29) is 30.7 Å². The van der Waals surface area contributed by atoms with Gasteiger partial charge in [0.2, 0.25) is 11.8 Å². The SMILES string of the molecule is COCCN(CCC(=O)OC)CC(=O)N1CCCC1=O. The van der Waals surface area contributed by atoms with Crippen molar-refractivity contribution in [1.29, 1.82) is 0 Å². The highest BCUT2D eigenvalue weighted by Crippen LogP contribution is 2.10. The van der Waals surface area contributed by atoms with Crippen LogP contribution >= 0.6 is 0 Å². The fourth-order valence-corrected chi connectivity index (χ4v) is 2.03. The zero-order valence-electron chi connectivity index (χ0n) is 12.1. The summed E-state index contributed by atoms with van der Waals surface area (Å²) in [6.45, 7) is 2.01. The quantitative estimate of drug-likeness (QED) is 0.568. The molecule has 0 radical (unpaired) electrons. The summed E-state index contributed by atoms with van der Waals surface area (Å²) < 4.78 is 9.56. The van der Waals surface area contributed by atoms with Crippen LogP contribution in [0.4, 0.5) is 0 Å². The molecule has 2 amide bonds. The summed E-state index contributed by atoms with van der Waals surface area (Å²) in [7, 11) is 2.90. The molecule has 0 aromatic heterocycles. The summed E-state index contributed by atoms with van der Waals surface area (Å²) in [5.41, 5.74) is 0. The molecule has 0 aromatic rings. The van der Waals surface area contributed by atoms with Crippen LogP contribution in [0.5, 0.6) is 0 Å². The van der Waals surface area contributed by atoms with Crippen molar-refractivity contribution >= 4 is 17.8 Å². The number of imide groups is 1. The van der Waals surface area contributed by atoms with Crippen molar-refractivity contribution in [2.45, 2.75) is 19.3 Å². The summed E-state index contributed by atoms with van der Waals surface area (Å²) in [5, 5.41) is 0. The van der Waals surface area contributed by atoms with Gasteiger partial charge in [0.05, 0.1) is 26.7 Å². The Balaban J connectivity index is 2.47. The normalized spacial score (nSPS) is 14.9. The third kappa shape index (κ3) is 5.26. The van der Waals surface area contributed by atoms with E-state index in [1.165, 1.54) is 12.0 Å². The van der Waals surface area contributed by atoms with Gasteiger partial charge in [-0.1, -0.05) is 0 Å². The van der Waals surface area contributed by atoms with E-state index in [9.17, 15) is 14.4 Å². The van der Waals surface area contributed by atoms with Gasteiger partial charge >= 0.3 is 5.97 Å². The van der Waals surface area contributed by atoms with E-state index in [1.54, 1.807) is 12.0 Å². The van der Waals surface area contributed by atoms with E-state index >= 15 is 0 Å². The average Bonchev–Trinajstić information content (AvgIpc) is 2.87. The molecule has 0 saturated carbocycles. The van der Waals surface area contributed by atoms with Crippen LogP contribution < -0.4 is 0 Å². The molecule has 0 unspecified atom stereocenters. The maximum atomic E-state index is 12.0. The molecule has 1 aliphatic heterocycles. The second-order valence-corrected chi connectivity index (χ2v) is 4.64.